The number of hydrogen-bond acceptors (Lipinski definition) is 5. The van der Waals surface area contributed by atoms with Gasteiger partial charge < -0.3 is 15.4 Å². The normalized spacial score (nSPS) is 11.7. The molecule has 0 aromatic carbocycles. The Balaban J connectivity index is 0.00000392. The smallest absolute Gasteiger partial charge is 0.434 e. The molecular weight excluding hydrogens is 506 g/mol. The Bertz CT molecular complexity index is 737. The molecular formula is C17H23F3IN5OS. The minimum Gasteiger partial charge on any atom is -0.478 e. The van der Waals surface area contributed by atoms with Crippen molar-refractivity contribution in [3.05, 3.63) is 40.0 Å². The van der Waals surface area contributed by atoms with E-state index in [1.54, 1.807) is 12.3 Å². The first-order valence-corrected chi connectivity index (χ1v) is 9.41. The molecule has 2 aromatic rings. The summed E-state index contributed by atoms with van der Waals surface area (Å²) in [5, 5.41) is 7.38. The third-order valence-electron chi connectivity index (χ3n) is 3.26. The summed E-state index contributed by atoms with van der Waals surface area (Å²) in [4.78, 5) is 12.2. The lowest BCUT2D eigenvalue weighted by molar-refractivity contribution is -0.140. The Labute approximate surface area is 183 Å². The van der Waals surface area contributed by atoms with Gasteiger partial charge in [0.2, 0.25) is 5.88 Å². The maximum Gasteiger partial charge on any atom is 0.434 e. The van der Waals surface area contributed by atoms with Crippen LogP contribution in [0.15, 0.2) is 28.7 Å². The summed E-state index contributed by atoms with van der Waals surface area (Å²) in [7, 11) is 0. The number of aromatic nitrogens is 2. The Morgan fingerprint density at radius 2 is 2.04 bits per heavy atom. The Kier molecular flexibility index (Phi) is 10.5. The molecule has 0 atom stereocenters. The summed E-state index contributed by atoms with van der Waals surface area (Å²) in [6.07, 6.45) is -1.82. The summed E-state index contributed by atoms with van der Waals surface area (Å²) < 4.78 is 43.2. The highest BCUT2D eigenvalue weighted by Crippen LogP contribution is 2.29. The number of pyridine rings is 1. The van der Waals surface area contributed by atoms with Crippen molar-refractivity contribution in [2.75, 3.05) is 13.2 Å². The zero-order valence-electron chi connectivity index (χ0n) is 15.5. The van der Waals surface area contributed by atoms with Crippen LogP contribution in [0.3, 0.4) is 0 Å². The standard InChI is InChI=1S/C17H22F3N5OS.HI/c1-3-7-26-14-6-5-12(8-22-14)9-23-16(21-4-2)24-10-15-25-13(11-27-15)17(18,19)20;/h5-6,8,11H,3-4,7,9-10H2,1-2H3,(H2,21,23,24);1H. The van der Waals surface area contributed by atoms with Gasteiger partial charge in [-0.1, -0.05) is 13.0 Å². The summed E-state index contributed by atoms with van der Waals surface area (Å²) in [5.41, 5.74) is 0.0207. The number of thiazole rings is 1. The molecule has 2 N–H and O–H groups in total. The lowest BCUT2D eigenvalue weighted by Gasteiger charge is -2.10. The van der Waals surface area contributed by atoms with Crippen LogP contribution in [0.5, 0.6) is 5.88 Å². The second kappa shape index (κ2) is 12.0. The second-order valence-electron chi connectivity index (χ2n) is 5.53. The molecule has 0 aliphatic heterocycles. The number of nitrogens with one attached hydrogen (secondary N) is 2. The van der Waals surface area contributed by atoms with E-state index in [2.05, 4.69) is 25.6 Å². The summed E-state index contributed by atoms with van der Waals surface area (Å²) in [6, 6.07) is 3.66. The van der Waals surface area contributed by atoms with Crippen LogP contribution in [-0.4, -0.2) is 29.1 Å². The predicted molar refractivity (Wildman–Crippen MR) is 114 cm³/mol. The van der Waals surface area contributed by atoms with Crippen LogP contribution in [0, 0.1) is 0 Å². The molecule has 2 aromatic heterocycles. The van der Waals surface area contributed by atoms with Crippen molar-refractivity contribution >= 4 is 41.3 Å². The number of halogens is 4. The first kappa shape index (κ1) is 24.4. The van der Waals surface area contributed by atoms with Crippen LogP contribution in [-0.2, 0) is 19.3 Å². The molecule has 11 heteroatoms. The van der Waals surface area contributed by atoms with Gasteiger partial charge >= 0.3 is 6.18 Å². The van der Waals surface area contributed by atoms with Crippen LogP contribution in [0.25, 0.3) is 0 Å². The monoisotopic (exact) mass is 529 g/mol. The Morgan fingerprint density at radius 1 is 1.25 bits per heavy atom. The lowest BCUT2D eigenvalue weighted by Crippen LogP contribution is -2.36. The van der Waals surface area contributed by atoms with E-state index in [0.717, 1.165) is 28.7 Å². The van der Waals surface area contributed by atoms with Gasteiger partial charge in [0.05, 0.1) is 19.7 Å². The third-order valence-corrected chi connectivity index (χ3v) is 4.11. The molecule has 0 radical (unpaired) electrons. The zero-order valence-corrected chi connectivity index (χ0v) is 18.7. The minimum absolute atomic E-state index is 0. The van der Waals surface area contributed by atoms with E-state index >= 15 is 0 Å². The van der Waals surface area contributed by atoms with Crippen molar-refractivity contribution in [3.8, 4) is 5.88 Å². The molecule has 0 bridgehead atoms. The molecule has 0 unspecified atom stereocenters. The fourth-order valence-electron chi connectivity index (χ4n) is 1.99. The van der Waals surface area contributed by atoms with E-state index < -0.39 is 11.9 Å². The van der Waals surface area contributed by atoms with Gasteiger partial charge in [0.15, 0.2) is 11.7 Å². The molecule has 0 aliphatic carbocycles. The van der Waals surface area contributed by atoms with Crippen molar-refractivity contribution < 1.29 is 17.9 Å². The van der Waals surface area contributed by atoms with E-state index in [0.29, 0.717) is 36.5 Å². The van der Waals surface area contributed by atoms with Crippen LogP contribution in [0.4, 0.5) is 13.2 Å². The number of guanidine groups is 1. The average Bonchev–Trinajstić information content (AvgIpc) is 3.12. The van der Waals surface area contributed by atoms with Crippen molar-refractivity contribution in [3.63, 3.8) is 0 Å². The van der Waals surface area contributed by atoms with Gasteiger partial charge in [0.1, 0.15) is 5.01 Å². The number of alkyl halides is 3. The molecule has 2 heterocycles. The van der Waals surface area contributed by atoms with E-state index in [1.807, 2.05) is 19.9 Å². The van der Waals surface area contributed by atoms with Gasteiger partial charge in [-0.15, -0.1) is 35.3 Å². The Morgan fingerprint density at radius 3 is 2.61 bits per heavy atom. The van der Waals surface area contributed by atoms with E-state index in [4.69, 9.17) is 4.74 Å². The SMILES string of the molecule is CCCOc1ccc(CN=C(NCC)NCc2nc(C(F)(F)F)cs2)cn1.I. The summed E-state index contributed by atoms with van der Waals surface area (Å²) in [5.74, 6) is 1.06. The van der Waals surface area contributed by atoms with E-state index in [9.17, 15) is 13.2 Å². The quantitative estimate of drug-likeness (QED) is 0.305. The van der Waals surface area contributed by atoms with Gasteiger partial charge in [0.25, 0.3) is 0 Å². The fraction of sp³-hybridized carbons (Fsp3) is 0.471. The van der Waals surface area contributed by atoms with Gasteiger partial charge in [0, 0.05) is 24.2 Å². The highest BCUT2D eigenvalue weighted by Gasteiger charge is 2.33. The summed E-state index contributed by atoms with van der Waals surface area (Å²) in [6.45, 7) is 5.71. The maximum atomic E-state index is 12.6. The number of aliphatic imine (C=N–C) groups is 1. The van der Waals surface area contributed by atoms with Crippen molar-refractivity contribution in [2.24, 2.45) is 4.99 Å². The molecule has 0 spiro atoms. The Hall–Kier alpha value is -1.63. The van der Waals surface area contributed by atoms with Gasteiger partial charge in [-0.05, 0) is 18.9 Å². The fourth-order valence-corrected chi connectivity index (χ4v) is 2.73. The van der Waals surface area contributed by atoms with Crippen LogP contribution >= 0.6 is 35.3 Å². The lowest BCUT2D eigenvalue weighted by atomic mass is 10.3. The number of nitrogens with zero attached hydrogens (tertiary/aromatic N) is 3. The van der Waals surface area contributed by atoms with Crippen LogP contribution < -0.4 is 15.4 Å². The maximum absolute atomic E-state index is 12.6. The molecule has 2 rings (SSSR count). The van der Waals surface area contributed by atoms with Gasteiger partial charge in [-0.2, -0.15) is 13.2 Å². The molecule has 156 valence electrons. The first-order valence-electron chi connectivity index (χ1n) is 8.53. The number of ether oxygens (including phenoxy) is 1. The third kappa shape index (κ3) is 8.17. The van der Waals surface area contributed by atoms with E-state index in [-0.39, 0.29) is 30.5 Å². The topological polar surface area (TPSA) is 71.4 Å². The minimum atomic E-state index is -4.42. The largest absolute Gasteiger partial charge is 0.478 e. The van der Waals surface area contributed by atoms with Gasteiger partial charge in [-0.25, -0.2) is 15.0 Å². The number of hydrogen-bond donors (Lipinski definition) is 2. The molecule has 0 saturated carbocycles. The van der Waals surface area contributed by atoms with Crippen LogP contribution in [0.2, 0.25) is 0 Å². The summed E-state index contributed by atoms with van der Waals surface area (Å²) >= 11 is 0.959. The first-order chi connectivity index (χ1) is 12.9. The molecule has 0 fully saturated rings. The van der Waals surface area contributed by atoms with Crippen molar-refractivity contribution in [1.82, 2.24) is 20.6 Å². The molecule has 0 aliphatic rings. The molecule has 28 heavy (non-hydrogen) atoms. The highest BCUT2D eigenvalue weighted by molar-refractivity contribution is 14.0. The van der Waals surface area contributed by atoms with E-state index in [1.165, 1.54) is 0 Å². The highest BCUT2D eigenvalue weighted by atomic mass is 127. The number of rotatable bonds is 8. The molecule has 6 nitrogen and oxygen atoms in total. The zero-order chi connectivity index (χ0) is 19.7. The average molecular weight is 529 g/mol. The van der Waals surface area contributed by atoms with Crippen molar-refractivity contribution in [1.29, 1.82) is 0 Å². The second-order valence-corrected chi connectivity index (χ2v) is 6.47. The molecule has 0 saturated heterocycles. The van der Waals surface area contributed by atoms with Crippen LogP contribution in [0.1, 0.15) is 36.5 Å². The van der Waals surface area contributed by atoms with Crippen molar-refractivity contribution in [2.45, 2.75) is 39.5 Å². The van der Waals surface area contributed by atoms with Gasteiger partial charge in [-0.3, -0.25) is 0 Å². The molecule has 0 amide bonds. The predicted octanol–water partition coefficient (Wildman–Crippen LogP) is 4.22.